The maximum absolute atomic E-state index is 11.9. The Hall–Kier alpha value is -2.51. The highest BCUT2D eigenvalue weighted by atomic mass is 35.5. The van der Waals surface area contributed by atoms with Crippen molar-refractivity contribution < 1.29 is 4.79 Å². The van der Waals surface area contributed by atoms with Crippen molar-refractivity contribution in [2.24, 2.45) is 0 Å². The molecule has 22 heavy (non-hydrogen) atoms. The van der Waals surface area contributed by atoms with Crippen molar-refractivity contribution in [3.63, 3.8) is 0 Å². The first-order valence-corrected chi connectivity index (χ1v) is 7.22. The van der Waals surface area contributed by atoms with Crippen LogP contribution in [0.1, 0.15) is 11.1 Å². The maximum Gasteiger partial charge on any atom is 0.243 e. The van der Waals surface area contributed by atoms with Crippen molar-refractivity contribution >= 4 is 28.9 Å². The number of benzene rings is 2. The second-order valence-electron chi connectivity index (χ2n) is 4.90. The summed E-state index contributed by atoms with van der Waals surface area (Å²) < 4.78 is 0. The van der Waals surface area contributed by atoms with Crippen molar-refractivity contribution in [3.05, 3.63) is 58.6 Å². The molecular weight excluding hydrogens is 298 g/mol. The van der Waals surface area contributed by atoms with Crippen LogP contribution < -0.4 is 10.6 Å². The van der Waals surface area contributed by atoms with Gasteiger partial charge < -0.3 is 10.6 Å². The predicted molar refractivity (Wildman–Crippen MR) is 89.1 cm³/mol. The molecule has 1 amide bonds. The number of halogens is 1. The molecule has 0 aromatic heterocycles. The first-order chi connectivity index (χ1) is 10.6. The number of carbonyl (C=O) groups excluding carboxylic acids is 1. The standard InChI is InChI=1S/C17H16ClN3O/c1-12-2-5-15(10-16(12)18)20-11-17(22)21-14-6-3-13(4-7-14)8-9-19/h2-7,10,20H,8,11H2,1H3,(H,21,22). The fraction of sp³-hybridized carbons (Fsp3) is 0.176. The van der Waals surface area contributed by atoms with Gasteiger partial charge in [-0.2, -0.15) is 5.26 Å². The average molecular weight is 314 g/mol. The number of nitrogens with zero attached hydrogens (tertiary/aromatic N) is 1. The lowest BCUT2D eigenvalue weighted by Gasteiger charge is -2.09. The highest BCUT2D eigenvalue weighted by Crippen LogP contribution is 2.19. The van der Waals surface area contributed by atoms with Gasteiger partial charge in [0, 0.05) is 16.4 Å². The maximum atomic E-state index is 11.9. The van der Waals surface area contributed by atoms with Gasteiger partial charge in [-0.05, 0) is 42.3 Å². The zero-order valence-corrected chi connectivity index (χ0v) is 12.9. The molecule has 2 aromatic carbocycles. The second-order valence-corrected chi connectivity index (χ2v) is 5.30. The van der Waals surface area contributed by atoms with E-state index in [4.69, 9.17) is 16.9 Å². The smallest absolute Gasteiger partial charge is 0.243 e. The fourth-order valence-corrected chi connectivity index (χ4v) is 2.07. The predicted octanol–water partition coefficient (Wildman–Crippen LogP) is 3.77. The third kappa shape index (κ3) is 4.51. The highest BCUT2D eigenvalue weighted by Gasteiger charge is 2.03. The lowest BCUT2D eigenvalue weighted by Crippen LogP contribution is -2.21. The normalized spacial score (nSPS) is 9.86. The van der Waals surface area contributed by atoms with Crippen LogP contribution >= 0.6 is 11.6 Å². The summed E-state index contributed by atoms with van der Waals surface area (Å²) in [4.78, 5) is 11.9. The molecule has 112 valence electrons. The van der Waals surface area contributed by atoms with Crippen LogP contribution in [0.4, 0.5) is 11.4 Å². The van der Waals surface area contributed by atoms with Gasteiger partial charge in [0.25, 0.3) is 0 Å². The Kier molecular flexibility index (Phi) is 5.40. The summed E-state index contributed by atoms with van der Waals surface area (Å²) in [6, 6.07) is 14.9. The minimum absolute atomic E-state index is 0.148. The van der Waals surface area contributed by atoms with E-state index in [1.807, 2.05) is 31.2 Å². The van der Waals surface area contributed by atoms with Gasteiger partial charge >= 0.3 is 0 Å². The van der Waals surface area contributed by atoms with E-state index in [1.165, 1.54) is 0 Å². The fourth-order valence-electron chi connectivity index (χ4n) is 1.89. The molecule has 0 aliphatic heterocycles. The van der Waals surface area contributed by atoms with E-state index in [0.717, 1.165) is 16.8 Å². The summed E-state index contributed by atoms with van der Waals surface area (Å²) in [7, 11) is 0. The van der Waals surface area contributed by atoms with Gasteiger partial charge in [-0.3, -0.25) is 4.79 Å². The van der Waals surface area contributed by atoms with Crippen LogP contribution in [0.2, 0.25) is 5.02 Å². The molecule has 2 N–H and O–H groups in total. The van der Waals surface area contributed by atoms with E-state index in [0.29, 0.717) is 17.1 Å². The zero-order chi connectivity index (χ0) is 15.9. The first-order valence-electron chi connectivity index (χ1n) is 6.84. The molecule has 0 unspecified atom stereocenters. The molecule has 5 heteroatoms. The number of hydrogen-bond donors (Lipinski definition) is 2. The Morgan fingerprint density at radius 3 is 2.50 bits per heavy atom. The number of amides is 1. The van der Waals surface area contributed by atoms with Crippen LogP contribution in [-0.4, -0.2) is 12.5 Å². The van der Waals surface area contributed by atoms with Gasteiger partial charge in [0.2, 0.25) is 5.91 Å². The molecule has 0 heterocycles. The summed E-state index contributed by atoms with van der Waals surface area (Å²) in [5.74, 6) is -0.148. The lowest BCUT2D eigenvalue weighted by atomic mass is 10.1. The van der Waals surface area contributed by atoms with Gasteiger partial charge in [-0.1, -0.05) is 29.8 Å². The summed E-state index contributed by atoms with van der Waals surface area (Å²) >= 11 is 6.04. The molecule has 4 nitrogen and oxygen atoms in total. The number of anilines is 2. The Morgan fingerprint density at radius 1 is 1.18 bits per heavy atom. The third-order valence-corrected chi connectivity index (χ3v) is 3.55. The van der Waals surface area contributed by atoms with E-state index in [9.17, 15) is 4.79 Å². The topological polar surface area (TPSA) is 64.9 Å². The van der Waals surface area contributed by atoms with Crippen molar-refractivity contribution in [2.45, 2.75) is 13.3 Å². The summed E-state index contributed by atoms with van der Waals surface area (Å²) in [5, 5.41) is 15.1. The van der Waals surface area contributed by atoms with Crippen LogP contribution in [-0.2, 0) is 11.2 Å². The molecule has 0 atom stereocenters. The number of nitriles is 1. The van der Waals surface area contributed by atoms with E-state index in [2.05, 4.69) is 16.7 Å². The molecule has 0 aliphatic rings. The number of rotatable bonds is 5. The van der Waals surface area contributed by atoms with Crippen LogP contribution in [0, 0.1) is 18.3 Å². The Labute approximate surface area is 134 Å². The first kappa shape index (κ1) is 15.9. The average Bonchev–Trinajstić information content (AvgIpc) is 2.51. The molecular formula is C17H16ClN3O. The minimum atomic E-state index is -0.148. The largest absolute Gasteiger partial charge is 0.376 e. The van der Waals surface area contributed by atoms with Crippen molar-refractivity contribution in [1.82, 2.24) is 0 Å². The lowest BCUT2D eigenvalue weighted by molar-refractivity contribution is -0.114. The van der Waals surface area contributed by atoms with Gasteiger partial charge in [-0.15, -0.1) is 0 Å². The summed E-state index contributed by atoms with van der Waals surface area (Å²) in [5.41, 5.74) is 3.42. The van der Waals surface area contributed by atoms with Crippen LogP contribution in [0.25, 0.3) is 0 Å². The molecule has 0 saturated carbocycles. The Bertz CT molecular complexity index is 705. The number of nitrogens with one attached hydrogen (secondary N) is 2. The molecule has 0 radical (unpaired) electrons. The van der Waals surface area contributed by atoms with E-state index >= 15 is 0 Å². The van der Waals surface area contributed by atoms with Crippen molar-refractivity contribution in [3.8, 4) is 6.07 Å². The summed E-state index contributed by atoms with van der Waals surface area (Å²) in [6.45, 7) is 2.08. The van der Waals surface area contributed by atoms with E-state index in [-0.39, 0.29) is 12.5 Å². The molecule has 0 aliphatic carbocycles. The highest BCUT2D eigenvalue weighted by molar-refractivity contribution is 6.31. The molecule has 2 rings (SSSR count). The van der Waals surface area contributed by atoms with Gasteiger partial charge in [0.1, 0.15) is 0 Å². The second kappa shape index (κ2) is 7.48. The third-order valence-electron chi connectivity index (χ3n) is 3.15. The molecule has 0 bridgehead atoms. The number of hydrogen-bond acceptors (Lipinski definition) is 3. The zero-order valence-electron chi connectivity index (χ0n) is 12.2. The van der Waals surface area contributed by atoms with E-state index in [1.54, 1.807) is 18.2 Å². The SMILES string of the molecule is Cc1ccc(NCC(=O)Nc2ccc(CC#N)cc2)cc1Cl. The van der Waals surface area contributed by atoms with Crippen LogP contribution in [0.5, 0.6) is 0 Å². The Morgan fingerprint density at radius 2 is 1.86 bits per heavy atom. The quantitative estimate of drug-likeness (QED) is 0.883. The number of aryl methyl sites for hydroxylation is 1. The van der Waals surface area contributed by atoms with Crippen LogP contribution in [0.15, 0.2) is 42.5 Å². The van der Waals surface area contributed by atoms with Crippen molar-refractivity contribution in [2.75, 3.05) is 17.2 Å². The molecule has 0 fully saturated rings. The number of carbonyl (C=O) groups is 1. The molecule has 0 saturated heterocycles. The Balaban J connectivity index is 1.87. The monoisotopic (exact) mass is 313 g/mol. The van der Waals surface area contributed by atoms with Gasteiger partial charge in [0.05, 0.1) is 19.0 Å². The summed E-state index contributed by atoms with van der Waals surface area (Å²) in [6.07, 6.45) is 0.365. The molecule has 2 aromatic rings. The van der Waals surface area contributed by atoms with E-state index < -0.39 is 0 Å². The van der Waals surface area contributed by atoms with Gasteiger partial charge in [-0.25, -0.2) is 0 Å². The van der Waals surface area contributed by atoms with Crippen LogP contribution in [0.3, 0.4) is 0 Å². The van der Waals surface area contributed by atoms with Gasteiger partial charge in [0.15, 0.2) is 0 Å². The molecule has 0 spiro atoms. The van der Waals surface area contributed by atoms with Crippen molar-refractivity contribution in [1.29, 1.82) is 5.26 Å². The minimum Gasteiger partial charge on any atom is -0.376 e.